The van der Waals surface area contributed by atoms with Crippen LogP contribution < -0.4 is 10.1 Å². The van der Waals surface area contributed by atoms with Crippen LogP contribution >= 0.6 is 0 Å². The summed E-state index contributed by atoms with van der Waals surface area (Å²) in [7, 11) is 0. The topological polar surface area (TPSA) is 47.0 Å². The normalized spacial score (nSPS) is 15.1. The number of aryl methyl sites for hydroxylation is 1. The van der Waals surface area contributed by atoms with E-state index in [1.807, 2.05) is 6.07 Å². The van der Waals surface area contributed by atoms with E-state index < -0.39 is 0 Å². The molecule has 1 aliphatic rings. The maximum atomic E-state index is 5.80. The minimum absolute atomic E-state index is 0.716. The Balaban J connectivity index is 1.92. The molecule has 4 nitrogen and oxygen atoms in total. The Morgan fingerprint density at radius 2 is 2.16 bits per heavy atom. The average molecular weight is 263 g/mol. The summed E-state index contributed by atoms with van der Waals surface area (Å²) in [6.07, 6.45) is 7.25. The van der Waals surface area contributed by atoms with E-state index in [9.17, 15) is 0 Å². The van der Waals surface area contributed by atoms with Crippen LogP contribution in [0.5, 0.6) is 5.88 Å². The lowest BCUT2D eigenvalue weighted by molar-refractivity contribution is 0.217. The van der Waals surface area contributed by atoms with E-state index in [0.717, 1.165) is 50.0 Å². The summed E-state index contributed by atoms with van der Waals surface area (Å²) in [4.78, 5) is 8.95. The second kappa shape index (κ2) is 7.31. The highest BCUT2D eigenvalue weighted by molar-refractivity contribution is 5.38. The van der Waals surface area contributed by atoms with Crippen LogP contribution in [0.2, 0.25) is 0 Å². The van der Waals surface area contributed by atoms with Gasteiger partial charge in [0.25, 0.3) is 0 Å². The molecule has 0 bridgehead atoms. The van der Waals surface area contributed by atoms with Crippen molar-refractivity contribution in [3.8, 4) is 5.88 Å². The first-order chi connectivity index (χ1) is 9.31. The van der Waals surface area contributed by atoms with E-state index in [-0.39, 0.29) is 0 Å². The first-order valence-electron chi connectivity index (χ1n) is 7.56. The Bertz CT molecular complexity index is 367. The van der Waals surface area contributed by atoms with Gasteiger partial charge in [-0.2, -0.15) is 4.98 Å². The van der Waals surface area contributed by atoms with Crippen molar-refractivity contribution in [1.29, 1.82) is 0 Å². The molecule has 1 aliphatic carbocycles. The average Bonchev–Trinajstić information content (AvgIpc) is 2.33. The standard InChI is InChI=1S/C15H25N3O/c1-3-6-13-17-14(16-4-2)11-15(18-13)19-10-9-12-7-5-8-12/h11-12H,3-10H2,1-2H3,(H,16,17,18). The Morgan fingerprint density at radius 1 is 1.32 bits per heavy atom. The molecule has 1 fully saturated rings. The quantitative estimate of drug-likeness (QED) is 0.780. The number of ether oxygens (including phenoxy) is 1. The number of hydrogen-bond acceptors (Lipinski definition) is 4. The molecule has 1 N–H and O–H groups in total. The second-order valence-electron chi connectivity index (χ2n) is 5.22. The number of rotatable bonds is 8. The van der Waals surface area contributed by atoms with Gasteiger partial charge in [0.05, 0.1) is 6.61 Å². The lowest BCUT2D eigenvalue weighted by Gasteiger charge is -2.24. The third kappa shape index (κ3) is 4.37. The minimum Gasteiger partial charge on any atom is -0.478 e. The second-order valence-corrected chi connectivity index (χ2v) is 5.22. The number of hydrogen-bond donors (Lipinski definition) is 1. The maximum Gasteiger partial charge on any atom is 0.218 e. The first kappa shape index (κ1) is 14.1. The highest BCUT2D eigenvalue weighted by atomic mass is 16.5. The van der Waals surface area contributed by atoms with Crippen molar-refractivity contribution in [2.24, 2.45) is 5.92 Å². The van der Waals surface area contributed by atoms with Gasteiger partial charge in [-0.15, -0.1) is 0 Å². The summed E-state index contributed by atoms with van der Waals surface area (Å²) < 4.78 is 5.80. The molecule has 0 aliphatic heterocycles. The van der Waals surface area contributed by atoms with Gasteiger partial charge in [-0.05, 0) is 25.7 Å². The maximum absolute atomic E-state index is 5.80. The van der Waals surface area contributed by atoms with Crippen LogP contribution in [-0.2, 0) is 6.42 Å². The van der Waals surface area contributed by atoms with Gasteiger partial charge in [-0.25, -0.2) is 4.98 Å². The van der Waals surface area contributed by atoms with Crippen molar-refractivity contribution in [2.45, 2.75) is 52.4 Å². The van der Waals surface area contributed by atoms with Crippen molar-refractivity contribution < 1.29 is 4.74 Å². The highest BCUT2D eigenvalue weighted by Crippen LogP contribution is 2.29. The van der Waals surface area contributed by atoms with Crippen LogP contribution in [0.3, 0.4) is 0 Å². The zero-order valence-electron chi connectivity index (χ0n) is 12.1. The molecule has 2 rings (SSSR count). The van der Waals surface area contributed by atoms with Gasteiger partial charge in [-0.1, -0.05) is 26.2 Å². The fourth-order valence-corrected chi connectivity index (χ4v) is 2.27. The molecule has 19 heavy (non-hydrogen) atoms. The Morgan fingerprint density at radius 3 is 2.79 bits per heavy atom. The minimum atomic E-state index is 0.716. The van der Waals surface area contributed by atoms with E-state index >= 15 is 0 Å². The zero-order chi connectivity index (χ0) is 13.5. The van der Waals surface area contributed by atoms with Crippen LogP contribution in [0, 0.1) is 5.92 Å². The van der Waals surface area contributed by atoms with E-state index in [4.69, 9.17) is 4.74 Å². The van der Waals surface area contributed by atoms with Gasteiger partial charge in [0.2, 0.25) is 5.88 Å². The highest BCUT2D eigenvalue weighted by Gasteiger charge is 2.17. The monoisotopic (exact) mass is 263 g/mol. The molecule has 0 spiro atoms. The van der Waals surface area contributed by atoms with E-state index in [0.29, 0.717) is 5.88 Å². The fourth-order valence-electron chi connectivity index (χ4n) is 2.27. The van der Waals surface area contributed by atoms with Crippen molar-refractivity contribution >= 4 is 5.82 Å². The van der Waals surface area contributed by atoms with Gasteiger partial charge < -0.3 is 10.1 Å². The fraction of sp³-hybridized carbons (Fsp3) is 0.733. The van der Waals surface area contributed by atoms with Crippen molar-refractivity contribution in [2.75, 3.05) is 18.5 Å². The van der Waals surface area contributed by atoms with E-state index in [1.165, 1.54) is 19.3 Å². The Hall–Kier alpha value is -1.32. The van der Waals surface area contributed by atoms with Crippen LogP contribution in [0.4, 0.5) is 5.82 Å². The summed E-state index contributed by atoms with van der Waals surface area (Å²) in [6.45, 7) is 5.85. The molecule has 1 heterocycles. The third-order valence-electron chi connectivity index (χ3n) is 3.58. The van der Waals surface area contributed by atoms with Gasteiger partial charge in [0.1, 0.15) is 11.6 Å². The van der Waals surface area contributed by atoms with Crippen LogP contribution in [0.1, 0.15) is 51.8 Å². The van der Waals surface area contributed by atoms with Crippen molar-refractivity contribution in [1.82, 2.24) is 9.97 Å². The lowest BCUT2D eigenvalue weighted by Crippen LogP contribution is -2.15. The molecular weight excluding hydrogens is 238 g/mol. The van der Waals surface area contributed by atoms with Crippen molar-refractivity contribution in [3.05, 3.63) is 11.9 Å². The molecule has 4 heteroatoms. The van der Waals surface area contributed by atoms with Crippen molar-refractivity contribution in [3.63, 3.8) is 0 Å². The molecular formula is C15H25N3O. The van der Waals surface area contributed by atoms with Gasteiger partial charge >= 0.3 is 0 Å². The molecule has 0 atom stereocenters. The van der Waals surface area contributed by atoms with E-state index in [1.54, 1.807) is 0 Å². The number of aromatic nitrogens is 2. The Labute approximate surface area is 116 Å². The Kier molecular flexibility index (Phi) is 5.43. The molecule has 0 radical (unpaired) electrons. The molecule has 1 saturated carbocycles. The summed E-state index contributed by atoms with van der Waals surface area (Å²) in [5.41, 5.74) is 0. The lowest BCUT2D eigenvalue weighted by atomic mass is 9.83. The largest absolute Gasteiger partial charge is 0.478 e. The van der Waals surface area contributed by atoms with Crippen LogP contribution in [-0.4, -0.2) is 23.1 Å². The molecule has 1 aromatic heterocycles. The van der Waals surface area contributed by atoms with Crippen LogP contribution in [0.15, 0.2) is 6.07 Å². The van der Waals surface area contributed by atoms with Crippen LogP contribution in [0.25, 0.3) is 0 Å². The van der Waals surface area contributed by atoms with Gasteiger partial charge in [0.15, 0.2) is 0 Å². The summed E-state index contributed by atoms with van der Waals surface area (Å²) in [6, 6.07) is 1.91. The molecule has 1 aromatic rings. The predicted octanol–water partition coefficient (Wildman–Crippen LogP) is 3.43. The zero-order valence-corrected chi connectivity index (χ0v) is 12.1. The molecule has 106 valence electrons. The van der Waals surface area contributed by atoms with Gasteiger partial charge in [-0.3, -0.25) is 0 Å². The summed E-state index contributed by atoms with van der Waals surface area (Å²) >= 11 is 0. The molecule has 0 unspecified atom stereocenters. The number of nitrogens with zero attached hydrogens (tertiary/aromatic N) is 2. The number of nitrogens with one attached hydrogen (secondary N) is 1. The third-order valence-corrected chi connectivity index (χ3v) is 3.58. The smallest absolute Gasteiger partial charge is 0.218 e. The molecule has 0 saturated heterocycles. The van der Waals surface area contributed by atoms with E-state index in [2.05, 4.69) is 29.1 Å². The SMILES string of the molecule is CCCc1nc(NCC)cc(OCCC2CCC2)n1. The first-order valence-corrected chi connectivity index (χ1v) is 7.56. The summed E-state index contributed by atoms with van der Waals surface area (Å²) in [5.74, 6) is 3.35. The number of anilines is 1. The molecule has 0 aromatic carbocycles. The molecule has 0 amide bonds. The van der Waals surface area contributed by atoms with Gasteiger partial charge in [0, 0.05) is 19.0 Å². The summed E-state index contributed by atoms with van der Waals surface area (Å²) in [5, 5.41) is 3.24. The predicted molar refractivity (Wildman–Crippen MR) is 77.6 cm³/mol.